The number of methoxy groups -OCH3 is 1. The minimum Gasteiger partial charge on any atom is -0.483 e. The molecule has 0 saturated carbocycles. The summed E-state index contributed by atoms with van der Waals surface area (Å²) in [5.74, 6) is -0.0452. The van der Waals surface area contributed by atoms with Crippen LogP contribution in [0.25, 0.3) is 0 Å². The summed E-state index contributed by atoms with van der Waals surface area (Å²) in [6, 6.07) is 5.79. The van der Waals surface area contributed by atoms with Crippen molar-refractivity contribution in [1.82, 2.24) is 4.90 Å². The third-order valence-electron chi connectivity index (χ3n) is 4.14. The predicted molar refractivity (Wildman–Crippen MR) is 94.1 cm³/mol. The molecule has 1 atom stereocenters. The van der Waals surface area contributed by atoms with Crippen LogP contribution < -0.4 is 4.74 Å². The van der Waals surface area contributed by atoms with Crippen molar-refractivity contribution in [3.63, 3.8) is 0 Å². The number of aryl methyl sites for hydroxylation is 1. The van der Waals surface area contributed by atoms with Crippen LogP contribution in [0.15, 0.2) is 18.2 Å². The van der Waals surface area contributed by atoms with E-state index in [1.165, 1.54) is 7.11 Å². The molecular weight excluding hydrogens is 306 g/mol. The number of benzene rings is 1. The van der Waals surface area contributed by atoms with Gasteiger partial charge in [0.05, 0.1) is 13.0 Å². The second kappa shape index (κ2) is 9.96. The maximum Gasteiger partial charge on any atom is 0.310 e. The van der Waals surface area contributed by atoms with Crippen LogP contribution >= 0.6 is 0 Å². The first-order valence-corrected chi connectivity index (χ1v) is 8.45. The smallest absolute Gasteiger partial charge is 0.310 e. The summed E-state index contributed by atoms with van der Waals surface area (Å²) in [6.45, 7) is 8.76. The Labute approximate surface area is 144 Å². The van der Waals surface area contributed by atoms with E-state index >= 15 is 0 Å². The first-order chi connectivity index (χ1) is 11.4. The molecular formula is C19H29NO4. The summed E-state index contributed by atoms with van der Waals surface area (Å²) >= 11 is 0. The van der Waals surface area contributed by atoms with Gasteiger partial charge in [-0.3, -0.25) is 9.59 Å². The van der Waals surface area contributed by atoms with Gasteiger partial charge in [-0.15, -0.1) is 0 Å². The van der Waals surface area contributed by atoms with Gasteiger partial charge in [0.1, 0.15) is 5.75 Å². The Kier molecular flexibility index (Phi) is 8.30. The largest absolute Gasteiger partial charge is 0.483 e. The van der Waals surface area contributed by atoms with Crippen LogP contribution in [0.1, 0.15) is 37.8 Å². The van der Waals surface area contributed by atoms with Crippen LogP contribution in [-0.4, -0.2) is 43.6 Å². The minimum atomic E-state index is -0.350. The molecule has 0 heterocycles. The third kappa shape index (κ3) is 5.87. The zero-order valence-electron chi connectivity index (χ0n) is 15.4. The average molecular weight is 335 g/mol. The second-order valence-corrected chi connectivity index (χ2v) is 6.10. The molecule has 0 aromatic heterocycles. The number of ether oxygens (including phenoxy) is 2. The highest BCUT2D eigenvalue weighted by atomic mass is 16.5. The topological polar surface area (TPSA) is 55.8 Å². The van der Waals surface area contributed by atoms with E-state index in [9.17, 15) is 9.59 Å². The Balaban J connectivity index is 2.69. The summed E-state index contributed by atoms with van der Waals surface area (Å²) in [7, 11) is 1.36. The molecule has 1 aromatic rings. The fourth-order valence-electron chi connectivity index (χ4n) is 2.38. The van der Waals surface area contributed by atoms with Gasteiger partial charge in [0, 0.05) is 13.1 Å². The number of hydrogen-bond donors (Lipinski definition) is 0. The van der Waals surface area contributed by atoms with Crippen LogP contribution in [-0.2, 0) is 14.3 Å². The Bertz CT molecular complexity index is 556. The summed E-state index contributed by atoms with van der Waals surface area (Å²) in [4.78, 5) is 25.8. The van der Waals surface area contributed by atoms with Gasteiger partial charge in [-0.05, 0) is 37.5 Å². The first-order valence-electron chi connectivity index (χ1n) is 8.45. The molecule has 24 heavy (non-hydrogen) atoms. The summed E-state index contributed by atoms with van der Waals surface area (Å²) < 4.78 is 10.4. The molecule has 134 valence electrons. The van der Waals surface area contributed by atoms with Crippen molar-refractivity contribution in [2.75, 3.05) is 26.8 Å². The molecule has 1 aromatic carbocycles. The molecule has 5 heteroatoms. The van der Waals surface area contributed by atoms with Crippen molar-refractivity contribution in [2.45, 2.75) is 40.5 Å². The number of carbonyl (C=O) groups excluding carboxylic acids is 2. The van der Waals surface area contributed by atoms with E-state index in [0.717, 1.165) is 29.7 Å². The third-order valence-corrected chi connectivity index (χ3v) is 4.14. The molecule has 1 unspecified atom stereocenters. The predicted octanol–water partition coefficient (Wildman–Crippen LogP) is 3.12. The lowest BCUT2D eigenvalue weighted by molar-refractivity contribution is -0.146. The highest BCUT2D eigenvalue weighted by molar-refractivity contribution is 5.79. The molecule has 0 bridgehead atoms. The molecule has 0 N–H and O–H groups in total. The molecule has 0 saturated heterocycles. The van der Waals surface area contributed by atoms with Gasteiger partial charge in [-0.25, -0.2) is 0 Å². The minimum absolute atomic E-state index is 0.0259. The van der Waals surface area contributed by atoms with Gasteiger partial charge in [0.25, 0.3) is 5.91 Å². The number of amides is 1. The van der Waals surface area contributed by atoms with Gasteiger partial charge >= 0.3 is 5.97 Å². The number of hydrogen-bond acceptors (Lipinski definition) is 4. The summed E-state index contributed by atoms with van der Waals surface area (Å²) in [5.41, 5.74) is 2.16. The molecule has 0 aliphatic rings. The normalized spacial score (nSPS) is 11.7. The van der Waals surface area contributed by atoms with Crippen LogP contribution in [0.2, 0.25) is 0 Å². The number of rotatable bonds is 9. The maximum atomic E-state index is 12.5. The van der Waals surface area contributed by atoms with Gasteiger partial charge in [0.15, 0.2) is 6.61 Å². The van der Waals surface area contributed by atoms with Crippen molar-refractivity contribution in [1.29, 1.82) is 0 Å². The van der Waals surface area contributed by atoms with Crippen LogP contribution in [0, 0.1) is 19.8 Å². The Morgan fingerprint density at radius 2 is 1.96 bits per heavy atom. The van der Waals surface area contributed by atoms with Crippen LogP contribution in [0.5, 0.6) is 5.75 Å². The lowest BCUT2D eigenvalue weighted by atomic mass is 10.1. The molecule has 0 aliphatic heterocycles. The fraction of sp³-hybridized carbons (Fsp3) is 0.579. The Morgan fingerprint density at radius 1 is 1.25 bits per heavy atom. The molecule has 0 spiro atoms. The molecule has 5 nitrogen and oxygen atoms in total. The number of unbranched alkanes of at least 4 members (excludes halogenated alkanes) is 1. The SMILES string of the molecule is CCCCN(CC(C)C(=O)OC)C(=O)COc1cccc(C)c1C. The zero-order valence-corrected chi connectivity index (χ0v) is 15.4. The quantitative estimate of drug-likeness (QED) is 0.651. The van der Waals surface area contributed by atoms with E-state index in [-0.39, 0.29) is 24.4 Å². The average Bonchev–Trinajstić information content (AvgIpc) is 2.58. The Morgan fingerprint density at radius 3 is 2.58 bits per heavy atom. The standard InChI is InChI=1S/C19H29NO4/c1-6-7-11-20(12-15(3)19(22)23-5)18(21)13-24-17-10-8-9-14(2)16(17)4/h8-10,15H,6-7,11-13H2,1-5H3. The summed E-state index contributed by atoms with van der Waals surface area (Å²) in [5, 5.41) is 0. The highest BCUT2D eigenvalue weighted by Crippen LogP contribution is 2.20. The lowest BCUT2D eigenvalue weighted by Gasteiger charge is -2.25. The molecule has 0 aliphatic carbocycles. The molecule has 0 fully saturated rings. The number of esters is 1. The number of carbonyl (C=O) groups is 2. The van der Waals surface area contributed by atoms with Crippen molar-refractivity contribution >= 4 is 11.9 Å². The summed E-state index contributed by atoms with van der Waals surface area (Å²) in [6.07, 6.45) is 1.87. The van der Waals surface area contributed by atoms with Crippen molar-refractivity contribution in [3.8, 4) is 5.75 Å². The van der Waals surface area contributed by atoms with Crippen LogP contribution in [0.3, 0.4) is 0 Å². The van der Waals surface area contributed by atoms with Crippen molar-refractivity contribution in [3.05, 3.63) is 29.3 Å². The number of nitrogens with zero attached hydrogens (tertiary/aromatic N) is 1. The van der Waals surface area contributed by atoms with E-state index in [2.05, 4.69) is 6.92 Å². The zero-order chi connectivity index (χ0) is 18.1. The van der Waals surface area contributed by atoms with Crippen LogP contribution in [0.4, 0.5) is 0 Å². The molecule has 1 rings (SSSR count). The lowest BCUT2D eigenvalue weighted by Crippen LogP contribution is -2.40. The monoisotopic (exact) mass is 335 g/mol. The van der Waals surface area contributed by atoms with E-state index in [1.54, 1.807) is 11.8 Å². The van der Waals surface area contributed by atoms with Gasteiger partial charge < -0.3 is 14.4 Å². The van der Waals surface area contributed by atoms with Crippen molar-refractivity contribution in [2.24, 2.45) is 5.92 Å². The van der Waals surface area contributed by atoms with Gasteiger partial charge in [0.2, 0.25) is 0 Å². The van der Waals surface area contributed by atoms with Gasteiger partial charge in [-0.1, -0.05) is 32.4 Å². The van der Waals surface area contributed by atoms with E-state index < -0.39 is 0 Å². The molecule has 1 amide bonds. The van der Waals surface area contributed by atoms with E-state index in [0.29, 0.717) is 13.1 Å². The highest BCUT2D eigenvalue weighted by Gasteiger charge is 2.21. The molecule has 0 radical (unpaired) electrons. The van der Waals surface area contributed by atoms with Gasteiger partial charge in [-0.2, -0.15) is 0 Å². The fourth-order valence-corrected chi connectivity index (χ4v) is 2.38. The first kappa shape index (κ1) is 20.0. The Hall–Kier alpha value is -2.04. The second-order valence-electron chi connectivity index (χ2n) is 6.10. The van der Waals surface area contributed by atoms with E-state index in [4.69, 9.17) is 9.47 Å². The maximum absolute atomic E-state index is 12.5. The van der Waals surface area contributed by atoms with Crippen molar-refractivity contribution < 1.29 is 19.1 Å². The van der Waals surface area contributed by atoms with E-state index in [1.807, 2.05) is 32.0 Å².